The Bertz CT molecular complexity index is 267. The average molecular weight is 228 g/mol. The van der Waals surface area contributed by atoms with Gasteiger partial charge in [-0.2, -0.15) is 0 Å². The molecule has 1 unspecified atom stereocenters. The second-order valence-electron chi connectivity index (χ2n) is 4.85. The largest absolute Gasteiger partial charge is 0.440 e. The lowest BCUT2D eigenvalue weighted by Crippen LogP contribution is -2.39. The minimum atomic E-state index is 0.196. The maximum Gasteiger partial charge on any atom is 0.255 e. The second-order valence-corrected chi connectivity index (χ2v) is 5.82. The van der Waals surface area contributed by atoms with Gasteiger partial charge in [0.15, 0.2) is 0 Å². The Labute approximate surface area is 96.0 Å². The number of aromatic nitrogens is 1. The van der Waals surface area contributed by atoms with Crippen molar-refractivity contribution in [1.29, 1.82) is 0 Å². The maximum absolute atomic E-state index is 5.16. The van der Waals surface area contributed by atoms with Crippen molar-refractivity contribution in [3.63, 3.8) is 0 Å². The van der Waals surface area contributed by atoms with Crippen molar-refractivity contribution in [3.8, 4) is 0 Å². The third kappa shape index (κ3) is 5.85. The van der Waals surface area contributed by atoms with Crippen LogP contribution < -0.4 is 5.32 Å². The van der Waals surface area contributed by atoms with Gasteiger partial charge in [0.1, 0.15) is 6.26 Å². The van der Waals surface area contributed by atoms with Gasteiger partial charge in [-0.1, -0.05) is 18.7 Å². The van der Waals surface area contributed by atoms with E-state index in [9.17, 15) is 0 Å². The normalized spacial score (nSPS) is 14.1. The Hall–Kier alpha value is -0.480. The SMILES string of the molecule is CC(CNC(C)(C)C)CSc1ncco1. The van der Waals surface area contributed by atoms with Crippen molar-refractivity contribution in [2.45, 2.75) is 38.5 Å². The van der Waals surface area contributed by atoms with Crippen molar-refractivity contribution < 1.29 is 4.42 Å². The van der Waals surface area contributed by atoms with Crippen LogP contribution in [0.5, 0.6) is 0 Å². The van der Waals surface area contributed by atoms with Gasteiger partial charge in [-0.25, -0.2) is 4.98 Å². The fraction of sp³-hybridized carbons (Fsp3) is 0.727. The molecule has 0 spiro atoms. The summed E-state index contributed by atoms with van der Waals surface area (Å²) in [4.78, 5) is 4.07. The summed E-state index contributed by atoms with van der Waals surface area (Å²) in [5, 5.41) is 4.25. The van der Waals surface area contributed by atoms with Crippen LogP contribution in [0.2, 0.25) is 0 Å². The molecule has 1 N–H and O–H groups in total. The monoisotopic (exact) mass is 228 g/mol. The van der Waals surface area contributed by atoms with Gasteiger partial charge in [-0.05, 0) is 33.2 Å². The lowest BCUT2D eigenvalue weighted by molar-refractivity contribution is 0.395. The van der Waals surface area contributed by atoms with E-state index in [2.05, 4.69) is 38.0 Å². The summed E-state index contributed by atoms with van der Waals surface area (Å²) in [6.07, 6.45) is 3.29. The van der Waals surface area contributed by atoms with Gasteiger partial charge >= 0.3 is 0 Å². The van der Waals surface area contributed by atoms with Crippen molar-refractivity contribution in [3.05, 3.63) is 12.5 Å². The Morgan fingerprint density at radius 3 is 2.80 bits per heavy atom. The highest BCUT2D eigenvalue weighted by atomic mass is 32.2. The molecule has 1 heterocycles. The molecule has 0 saturated carbocycles. The maximum atomic E-state index is 5.16. The van der Waals surface area contributed by atoms with Crippen molar-refractivity contribution in [1.82, 2.24) is 10.3 Å². The van der Waals surface area contributed by atoms with Crippen molar-refractivity contribution >= 4 is 11.8 Å². The number of nitrogens with zero attached hydrogens (tertiary/aromatic N) is 1. The summed E-state index contributed by atoms with van der Waals surface area (Å²) in [5.74, 6) is 1.64. The van der Waals surface area contributed by atoms with E-state index in [1.807, 2.05) is 0 Å². The topological polar surface area (TPSA) is 38.1 Å². The second kappa shape index (κ2) is 5.56. The van der Waals surface area contributed by atoms with Crippen molar-refractivity contribution in [2.24, 2.45) is 5.92 Å². The Morgan fingerprint density at radius 1 is 1.53 bits per heavy atom. The molecule has 1 aromatic rings. The van der Waals surface area contributed by atoms with Crippen LogP contribution in [0.25, 0.3) is 0 Å². The van der Waals surface area contributed by atoms with Crippen LogP contribution >= 0.6 is 11.8 Å². The fourth-order valence-corrected chi connectivity index (χ4v) is 1.84. The number of hydrogen-bond donors (Lipinski definition) is 1. The first kappa shape index (κ1) is 12.6. The summed E-state index contributed by atoms with van der Waals surface area (Å²) in [6.45, 7) is 9.80. The molecular formula is C11H20N2OS. The lowest BCUT2D eigenvalue weighted by Gasteiger charge is -2.23. The molecule has 0 amide bonds. The first-order valence-electron chi connectivity index (χ1n) is 5.25. The van der Waals surface area contributed by atoms with Crippen LogP contribution in [-0.4, -0.2) is 22.8 Å². The molecule has 1 aromatic heterocycles. The summed E-state index contributed by atoms with van der Waals surface area (Å²) >= 11 is 1.67. The zero-order valence-corrected chi connectivity index (χ0v) is 10.7. The molecule has 1 rings (SSSR count). The van der Waals surface area contributed by atoms with E-state index in [0.717, 1.165) is 17.5 Å². The van der Waals surface area contributed by atoms with Crippen LogP contribution in [0.3, 0.4) is 0 Å². The van der Waals surface area contributed by atoms with Crippen LogP contribution in [0.1, 0.15) is 27.7 Å². The van der Waals surface area contributed by atoms with Gasteiger partial charge < -0.3 is 9.73 Å². The molecule has 86 valence electrons. The van der Waals surface area contributed by atoms with Crippen LogP contribution in [-0.2, 0) is 0 Å². The zero-order valence-electron chi connectivity index (χ0n) is 9.91. The van der Waals surface area contributed by atoms with Crippen LogP contribution in [0.15, 0.2) is 22.1 Å². The molecule has 0 aliphatic rings. The third-order valence-electron chi connectivity index (χ3n) is 1.88. The highest BCUT2D eigenvalue weighted by Crippen LogP contribution is 2.18. The highest BCUT2D eigenvalue weighted by Gasteiger charge is 2.11. The smallest absolute Gasteiger partial charge is 0.255 e. The standard InChI is InChI=1S/C11H20N2OS/c1-9(7-13-11(2,3)4)8-15-10-12-5-6-14-10/h5-6,9,13H,7-8H2,1-4H3. The zero-order chi connectivity index (χ0) is 11.3. The van der Waals surface area contributed by atoms with Crippen molar-refractivity contribution in [2.75, 3.05) is 12.3 Å². The van der Waals surface area contributed by atoms with Crippen LogP contribution in [0.4, 0.5) is 0 Å². The summed E-state index contributed by atoms with van der Waals surface area (Å²) in [7, 11) is 0. The fourth-order valence-electron chi connectivity index (χ4n) is 1.03. The molecule has 0 saturated heterocycles. The van der Waals surface area contributed by atoms with E-state index < -0.39 is 0 Å². The van der Waals surface area contributed by atoms with E-state index in [1.54, 1.807) is 24.2 Å². The van der Waals surface area contributed by atoms with Gasteiger partial charge in [0.25, 0.3) is 5.22 Å². The first-order valence-corrected chi connectivity index (χ1v) is 6.23. The van der Waals surface area contributed by atoms with E-state index in [4.69, 9.17) is 4.42 Å². The molecule has 0 fully saturated rings. The molecular weight excluding hydrogens is 208 g/mol. The van der Waals surface area contributed by atoms with E-state index in [0.29, 0.717) is 5.92 Å². The molecule has 0 aromatic carbocycles. The molecule has 0 aliphatic carbocycles. The molecule has 4 heteroatoms. The number of oxazole rings is 1. The molecule has 0 bridgehead atoms. The summed E-state index contributed by atoms with van der Waals surface area (Å²) in [5.41, 5.74) is 0.196. The predicted octanol–water partition coefficient (Wildman–Crippen LogP) is 2.79. The molecule has 0 aliphatic heterocycles. The van der Waals surface area contributed by atoms with Gasteiger partial charge in [0, 0.05) is 11.3 Å². The summed E-state index contributed by atoms with van der Waals surface area (Å²) in [6, 6.07) is 0. The van der Waals surface area contributed by atoms with Gasteiger partial charge in [-0.15, -0.1) is 0 Å². The Balaban J connectivity index is 2.16. The molecule has 1 atom stereocenters. The van der Waals surface area contributed by atoms with E-state index in [1.165, 1.54) is 0 Å². The van der Waals surface area contributed by atoms with Gasteiger partial charge in [-0.3, -0.25) is 0 Å². The number of hydrogen-bond acceptors (Lipinski definition) is 4. The summed E-state index contributed by atoms with van der Waals surface area (Å²) < 4.78 is 5.16. The molecule has 15 heavy (non-hydrogen) atoms. The highest BCUT2D eigenvalue weighted by molar-refractivity contribution is 7.99. The van der Waals surface area contributed by atoms with Gasteiger partial charge in [0.05, 0.1) is 6.20 Å². The quantitative estimate of drug-likeness (QED) is 0.786. The third-order valence-corrected chi connectivity index (χ3v) is 3.07. The molecule has 3 nitrogen and oxygen atoms in total. The number of rotatable bonds is 5. The minimum absolute atomic E-state index is 0.196. The number of nitrogens with one attached hydrogen (secondary N) is 1. The minimum Gasteiger partial charge on any atom is -0.440 e. The Morgan fingerprint density at radius 2 is 2.27 bits per heavy atom. The van der Waals surface area contributed by atoms with E-state index in [-0.39, 0.29) is 5.54 Å². The molecule has 0 radical (unpaired) electrons. The van der Waals surface area contributed by atoms with Gasteiger partial charge in [0.2, 0.25) is 0 Å². The van der Waals surface area contributed by atoms with E-state index >= 15 is 0 Å². The Kier molecular flexibility index (Phi) is 4.67. The lowest BCUT2D eigenvalue weighted by atomic mass is 10.1. The predicted molar refractivity (Wildman–Crippen MR) is 64.1 cm³/mol. The number of thioether (sulfide) groups is 1. The average Bonchev–Trinajstić information content (AvgIpc) is 2.62. The van der Waals surface area contributed by atoms with Crippen LogP contribution in [0, 0.1) is 5.92 Å². The first-order chi connectivity index (χ1) is 6.97.